The number of aryl methyl sites for hydroxylation is 1. The number of nitrogens with zero attached hydrogens (tertiary/aromatic N) is 2. The van der Waals surface area contributed by atoms with E-state index in [9.17, 15) is 18.3 Å². The smallest absolute Gasteiger partial charge is 0.385 e. The zero-order valence-corrected chi connectivity index (χ0v) is 9.96. The highest BCUT2D eigenvalue weighted by molar-refractivity contribution is 5.13. The lowest BCUT2D eigenvalue weighted by Gasteiger charge is -2.22. The summed E-state index contributed by atoms with van der Waals surface area (Å²) in [5, 5.41) is 14.1. The van der Waals surface area contributed by atoms with Crippen molar-refractivity contribution in [2.24, 2.45) is 0 Å². The van der Waals surface area contributed by atoms with Gasteiger partial charge in [-0.25, -0.2) is 0 Å². The number of hydrogen-bond donors (Lipinski definition) is 1. The third kappa shape index (κ3) is 4.38. The van der Waals surface area contributed by atoms with Crippen molar-refractivity contribution >= 4 is 0 Å². The van der Waals surface area contributed by atoms with Gasteiger partial charge in [-0.05, 0) is 26.7 Å². The van der Waals surface area contributed by atoms with Gasteiger partial charge in [0.15, 0.2) is 0 Å². The molecule has 0 aromatic carbocycles. The average Bonchev–Trinajstić information content (AvgIpc) is 2.63. The van der Waals surface area contributed by atoms with Gasteiger partial charge in [-0.15, -0.1) is 0 Å². The Labute approximate surface area is 98.2 Å². The minimum Gasteiger partial charge on any atom is -0.385 e. The molecule has 1 atom stereocenters. The molecule has 0 aliphatic rings. The number of alkyl halides is 3. The molecule has 0 saturated heterocycles. The summed E-state index contributed by atoms with van der Waals surface area (Å²) in [5.41, 5.74) is -0.694. The molecule has 0 aliphatic carbocycles. The normalized spacial score (nSPS) is 15.9. The summed E-state index contributed by atoms with van der Waals surface area (Å²) in [4.78, 5) is 0. The number of rotatable bonds is 5. The Balaban J connectivity index is 2.56. The zero-order chi connectivity index (χ0) is 13.1. The summed E-state index contributed by atoms with van der Waals surface area (Å²) in [6.45, 7) is 4.08. The molecule has 0 aliphatic heterocycles. The number of halogens is 3. The summed E-state index contributed by atoms with van der Waals surface area (Å²) < 4.78 is 37.6. The van der Waals surface area contributed by atoms with Crippen molar-refractivity contribution in [3.05, 3.63) is 18.0 Å². The first kappa shape index (κ1) is 14.0. The third-order valence-electron chi connectivity index (χ3n) is 2.70. The van der Waals surface area contributed by atoms with E-state index in [1.54, 1.807) is 10.9 Å². The van der Waals surface area contributed by atoms with E-state index in [0.29, 0.717) is 12.1 Å². The molecule has 1 unspecified atom stereocenters. The summed E-state index contributed by atoms with van der Waals surface area (Å²) in [5.74, 6) is 0. The molecule has 1 heterocycles. The largest absolute Gasteiger partial charge is 0.389 e. The first-order chi connectivity index (χ1) is 7.74. The van der Waals surface area contributed by atoms with Crippen LogP contribution in [0.2, 0.25) is 0 Å². The van der Waals surface area contributed by atoms with Crippen LogP contribution in [0.5, 0.6) is 0 Å². The maximum Gasteiger partial charge on any atom is 0.389 e. The molecule has 0 saturated carbocycles. The van der Waals surface area contributed by atoms with Crippen molar-refractivity contribution < 1.29 is 18.3 Å². The van der Waals surface area contributed by atoms with Gasteiger partial charge in [0.05, 0.1) is 11.8 Å². The van der Waals surface area contributed by atoms with Gasteiger partial charge in [0, 0.05) is 24.7 Å². The molecular weight excluding hydrogens is 233 g/mol. The molecule has 0 radical (unpaired) electrons. The van der Waals surface area contributed by atoms with Crippen LogP contribution in [0.1, 0.15) is 38.7 Å². The van der Waals surface area contributed by atoms with E-state index < -0.39 is 18.2 Å². The third-order valence-corrected chi connectivity index (χ3v) is 2.70. The average molecular weight is 250 g/mol. The Kier molecular flexibility index (Phi) is 4.19. The summed E-state index contributed by atoms with van der Waals surface area (Å²) in [7, 11) is 0. The van der Waals surface area contributed by atoms with E-state index in [2.05, 4.69) is 5.10 Å². The van der Waals surface area contributed by atoms with Gasteiger partial charge in [0.25, 0.3) is 0 Å². The van der Waals surface area contributed by atoms with Crippen LogP contribution >= 0.6 is 0 Å². The molecule has 3 nitrogen and oxygen atoms in total. The molecule has 6 heteroatoms. The van der Waals surface area contributed by atoms with Crippen LogP contribution in [0.3, 0.4) is 0 Å². The molecular formula is C11H17F3N2O. The highest BCUT2D eigenvalue weighted by atomic mass is 19.4. The maximum absolute atomic E-state index is 12.0. The van der Waals surface area contributed by atoms with Crippen molar-refractivity contribution in [1.82, 2.24) is 9.78 Å². The Hall–Kier alpha value is -1.04. The number of aromatic nitrogens is 2. The van der Waals surface area contributed by atoms with E-state index in [1.165, 1.54) is 13.1 Å². The van der Waals surface area contributed by atoms with Crippen LogP contribution in [0, 0.1) is 0 Å². The number of hydrogen-bond acceptors (Lipinski definition) is 2. The topological polar surface area (TPSA) is 38.0 Å². The second-order valence-corrected chi connectivity index (χ2v) is 4.33. The van der Waals surface area contributed by atoms with Gasteiger partial charge in [0.2, 0.25) is 0 Å². The zero-order valence-electron chi connectivity index (χ0n) is 9.96. The van der Waals surface area contributed by atoms with Crippen LogP contribution in [-0.4, -0.2) is 21.1 Å². The molecule has 1 N–H and O–H groups in total. The second-order valence-electron chi connectivity index (χ2n) is 4.33. The Morgan fingerprint density at radius 3 is 2.47 bits per heavy atom. The van der Waals surface area contributed by atoms with Gasteiger partial charge in [-0.1, -0.05) is 0 Å². The van der Waals surface area contributed by atoms with Gasteiger partial charge in [-0.3, -0.25) is 4.68 Å². The summed E-state index contributed by atoms with van der Waals surface area (Å²) in [6.07, 6.45) is -1.89. The molecule has 0 spiro atoms. The van der Waals surface area contributed by atoms with Crippen molar-refractivity contribution in [3.63, 3.8) is 0 Å². The second kappa shape index (κ2) is 5.08. The SMILES string of the molecule is CCn1cc(C(C)(O)CCCC(F)(F)F)cn1. The lowest BCUT2D eigenvalue weighted by Crippen LogP contribution is -2.21. The molecule has 17 heavy (non-hydrogen) atoms. The lowest BCUT2D eigenvalue weighted by molar-refractivity contribution is -0.137. The Morgan fingerprint density at radius 2 is 2.00 bits per heavy atom. The van der Waals surface area contributed by atoms with Gasteiger partial charge < -0.3 is 5.11 Å². The Morgan fingerprint density at radius 1 is 1.35 bits per heavy atom. The van der Waals surface area contributed by atoms with E-state index in [0.717, 1.165) is 0 Å². The van der Waals surface area contributed by atoms with Crippen LogP contribution in [-0.2, 0) is 12.1 Å². The first-order valence-electron chi connectivity index (χ1n) is 5.56. The van der Waals surface area contributed by atoms with Gasteiger partial charge in [-0.2, -0.15) is 18.3 Å². The monoisotopic (exact) mass is 250 g/mol. The van der Waals surface area contributed by atoms with E-state index in [4.69, 9.17) is 0 Å². The van der Waals surface area contributed by atoms with E-state index >= 15 is 0 Å². The van der Waals surface area contributed by atoms with Gasteiger partial charge in [0.1, 0.15) is 0 Å². The predicted octanol–water partition coefficient (Wildman–Crippen LogP) is 2.84. The van der Waals surface area contributed by atoms with E-state index in [-0.39, 0.29) is 12.8 Å². The van der Waals surface area contributed by atoms with Gasteiger partial charge >= 0.3 is 6.18 Å². The lowest BCUT2D eigenvalue weighted by atomic mass is 9.93. The fourth-order valence-electron chi connectivity index (χ4n) is 1.59. The molecule has 1 aromatic rings. The molecule has 0 bridgehead atoms. The first-order valence-corrected chi connectivity index (χ1v) is 5.56. The van der Waals surface area contributed by atoms with Crippen molar-refractivity contribution in [1.29, 1.82) is 0 Å². The fourth-order valence-corrected chi connectivity index (χ4v) is 1.59. The molecule has 0 amide bonds. The van der Waals surface area contributed by atoms with Crippen molar-refractivity contribution in [2.45, 2.75) is 51.4 Å². The van der Waals surface area contributed by atoms with Crippen molar-refractivity contribution in [3.8, 4) is 0 Å². The molecule has 1 rings (SSSR count). The molecule has 0 fully saturated rings. The summed E-state index contributed by atoms with van der Waals surface area (Å²) >= 11 is 0. The highest BCUT2D eigenvalue weighted by Gasteiger charge is 2.30. The fraction of sp³-hybridized carbons (Fsp3) is 0.727. The molecule has 98 valence electrons. The summed E-state index contributed by atoms with van der Waals surface area (Å²) in [6, 6.07) is 0. The minimum atomic E-state index is -4.16. The maximum atomic E-state index is 12.0. The van der Waals surface area contributed by atoms with Crippen LogP contribution in [0.25, 0.3) is 0 Å². The predicted molar refractivity (Wildman–Crippen MR) is 57.4 cm³/mol. The molecule has 1 aromatic heterocycles. The van der Waals surface area contributed by atoms with E-state index in [1.807, 2.05) is 6.92 Å². The number of aliphatic hydroxyl groups is 1. The highest BCUT2D eigenvalue weighted by Crippen LogP contribution is 2.29. The standard InChI is InChI=1S/C11H17F3N2O/c1-3-16-8-9(7-15-16)10(2,17)5-4-6-11(12,13)14/h7-8,17H,3-6H2,1-2H3. The Bertz CT molecular complexity index is 358. The quantitative estimate of drug-likeness (QED) is 0.872. The van der Waals surface area contributed by atoms with Crippen LogP contribution in [0.15, 0.2) is 12.4 Å². The minimum absolute atomic E-state index is 0.0713. The van der Waals surface area contributed by atoms with Crippen LogP contribution < -0.4 is 0 Å². The van der Waals surface area contributed by atoms with Crippen LogP contribution in [0.4, 0.5) is 13.2 Å². The van der Waals surface area contributed by atoms with Crippen molar-refractivity contribution in [2.75, 3.05) is 0 Å².